The topological polar surface area (TPSA) is 41.1 Å². The van der Waals surface area contributed by atoms with Crippen LogP contribution >= 0.6 is 0 Å². The Morgan fingerprint density at radius 2 is 1.86 bits per heavy atom. The summed E-state index contributed by atoms with van der Waals surface area (Å²) in [6.45, 7) is 14.1. The summed E-state index contributed by atoms with van der Waals surface area (Å²) in [5.74, 6) is 1.02. The molecule has 4 heteroatoms. The Morgan fingerprint density at radius 1 is 1.19 bits per heavy atom. The van der Waals surface area contributed by atoms with E-state index in [0.29, 0.717) is 5.41 Å². The Hall–Kier alpha value is -1.16. The zero-order valence-corrected chi connectivity index (χ0v) is 14.2. The highest BCUT2D eigenvalue weighted by molar-refractivity contribution is 5.36. The molecule has 0 spiro atoms. The van der Waals surface area contributed by atoms with Crippen molar-refractivity contribution in [1.29, 1.82) is 0 Å². The number of hydrogen-bond donors (Lipinski definition) is 1. The minimum absolute atomic E-state index is 0.109. The van der Waals surface area contributed by atoms with Crippen LogP contribution in [0.25, 0.3) is 0 Å². The summed E-state index contributed by atoms with van der Waals surface area (Å²) in [5, 5.41) is 3.44. The molecule has 0 bridgehead atoms. The molecule has 0 amide bonds. The molecule has 0 aliphatic carbocycles. The minimum atomic E-state index is 0.109. The summed E-state index contributed by atoms with van der Waals surface area (Å²) in [5.41, 5.74) is 1.63. The molecule has 1 aromatic rings. The Morgan fingerprint density at radius 3 is 2.33 bits per heavy atom. The molecular weight excluding hydrogens is 260 g/mol. The molecular formula is C17H30N4. The van der Waals surface area contributed by atoms with Crippen molar-refractivity contribution in [2.24, 2.45) is 5.41 Å². The molecule has 2 rings (SSSR count). The van der Waals surface area contributed by atoms with Gasteiger partial charge in [0.25, 0.3) is 0 Å². The molecule has 0 unspecified atom stereocenters. The zero-order valence-electron chi connectivity index (χ0n) is 14.2. The van der Waals surface area contributed by atoms with E-state index in [-0.39, 0.29) is 5.54 Å². The van der Waals surface area contributed by atoms with Crippen molar-refractivity contribution in [1.82, 2.24) is 15.3 Å². The van der Waals surface area contributed by atoms with Gasteiger partial charge in [-0.05, 0) is 39.0 Å². The summed E-state index contributed by atoms with van der Waals surface area (Å²) in [7, 11) is 0. The van der Waals surface area contributed by atoms with Crippen molar-refractivity contribution in [3.63, 3.8) is 0 Å². The van der Waals surface area contributed by atoms with E-state index in [1.54, 1.807) is 0 Å². The van der Waals surface area contributed by atoms with Crippen LogP contribution in [0.2, 0.25) is 0 Å². The highest BCUT2D eigenvalue weighted by Gasteiger charge is 2.28. The van der Waals surface area contributed by atoms with Crippen molar-refractivity contribution >= 4 is 5.82 Å². The predicted molar refractivity (Wildman–Crippen MR) is 88.5 cm³/mol. The van der Waals surface area contributed by atoms with Gasteiger partial charge in [0.2, 0.25) is 0 Å². The molecule has 2 heterocycles. The molecule has 118 valence electrons. The molecule has 1 N–H and O–H groups in total. The molecule has 1 aliphatic heterocycles. The van der Waals surface area contributed by atoms with E-state index in [4.69, 9.17) is 0 Å². The second kappa shape index (κ2) is 6.30. The molecule has 21 heavy (non-hydrogen) atoms. The molecule has 0 radical (unpaired) electrons. The number of nitrogens with zero attached hydrogens (tertiary/aromatic N) is 3. The van der Waals surface area contributed by atoms with Gasteiger partial charge in [-0.15, -0.1) is 0 Å². The van der Waals surface area contributed by atoms with E-state index >= 15 is 0 Å². The van der Waals surface area contributed by atoms with Gasteiger partial charge in [0.1, 0.15) is 5.82 Å². The summed E-state index contributed by atoms with van der Waals surface area (Å²) in [6.07, 6.45) is 7.59. The fourth-order valence-corrected chi connectivity index (χ4v) is 2.59. The summed E-state index contributed by atoms with van der Waals surface area (Å²) >= 11 is 0. The van der Waals surface area contributed by atoms with Gasteiger partial charge in [0.15, 0.2) is 0 Å². The summed E-state index contributed by atoms with van der Waals surface area (Å²) in [4.78, 5) is 11.5. The molecule has 1 aliphatic rings. The Labute approximate surface area is 129 Å². The maximum Gasteiger partial charge on any atom is 0.147 e. The van der Waals surface area contributed by atoms with Gasteiger partial charge >= 0.3 is 0 Å². The van der Waals surface area contributed by atoms with Crippen LogP contribution in [0, 0.1) is 5.41 Å². The quantitative estimate of drug-likeness (QED) is 0.923. The number of aromatic nitrogens is 2. The van der Waals surface area contributed by atoms with Gasteiger partial charge in [-0.3, -0.25) is 4.98 Å². The first-order valence-corrected chi connectivity index (χ1v) is 8.12. The Kier molecular flexibility index (Phi) is 4.87. The fourth-order valence-electron chi connectivity index (χ4n) is 2.59. The third-order valence-electron chi connectivity index (χ3n) is 4.64. The minimum Gasteiger partial charge on any atom is -0.355 e. The van der Waals surface area contributed by atoms with Crippen LogP contribution in [0.1, 0.15) is 59.6 Å². The highest BCUT2D eigenvalue weighted by Crippen LogP contribution is 2.34. The van der Waals surface area contributed by atoms with Gasteiger partial charge in [-0.1, -0.05) is 20.3 Å². The third kappa shape index (κ3) is 4.67. The van der Waals surface area contributed by atoms with Crippen molar-refractivity contribution in [3.05, 3.63) is 18.1 Å². The lowest BCUT2D eigenvalue weighted by atomic mass is 9.78. The lowest BCUT2D eigenvalue weighted by Gasteiger charge is -2.39. The fraction of sp³-hybridized carbons (Fsp3) is 0.765. The number of piperidine rings is 1. The van der Waals surface area contributed by atoms with Crippen LogP contribution in [-0.4, -0.2) is 28.6 Å². The van der Waals surface area contributed by atoms with Crippen LogP contribution in [0.4, 0.5) is 5.82 Å². The summed E-state index contributed by atoms with van der Waals surface area (Å²) < 4.78 is 0. The van der Waals surface area contributed by atoms with Crippen LogP contribution in [0.15, 0.2) is 12.4 Å². The lowest BCUT2D eigenvalue weighted by Crippen LogP contribution is -2.39. The third-order valence-corrected chi connectivity index (χ3v) is 4.64. The second-order valence-corrected chi connectivity index (χ2v) is 7.62. The molecule has 1 saturated heterocycles. The second-order valence-electron chi connectivity index (χ2n) is 7.62. The average Bonchev–Trinajstić information content (AvgIpc) is 2.46. The largest absolute Gasteiger partial charge is 0.355 e. The van der Waals surface area contributed by atoms with Gasteiger partial charge < -0.3 is 10.2 Å². The molecule has 1 aromatic heterocycles. The van der Waals surface area contributed by atoms with Crippen LogP contribution in [0.3, 0.4) is 0 Å². The number of nitrogens with one attached hydrogen (secondary N) is 1. The number of anilines is 1. The van der Waals surface area contributed by atoms with Gasteiger partial charge in [-0.2, -0.15) is 0 Å². The normalized spacial score (nSPS) is 18.8. The van der Waals surface area contributed by atoms with Crippen molar-refractivity contribution in [2.45, 2.75) is 66.0 Å². The smallest absolute Gasteiger partial charge is 0.147 e. The molecule has 1 fully saturated rings. The SMILES string of the molecule is CCC1(C)CCN(c2cnc(CNC(C)(C)C)cn2)CC1. The Balaban J connectivity index is 1.91. The first kappa shape index (κ1) is 16.2. The van der Waals surface area contributed by atoms with Crippen LogP contribution in [0.5, 0.6) is 0 Å². The van der Waals surface area contributed by atoms with E-state index < -0.39 is 0 Å². The highest BCUT2D eigenvalue weighted by atomic mass is 15.2. The average molecular weight is 290 g/mol. The van der Waals surface area contributed by atoms with E-state index in [9.17, 15) is 0 Å². The van der Waals surface area contributed by atoms with E-state index in [1.807, 2.05) is 12.4 Å². The monoisotopic (exact) mass is 290 g/mol. The van der Waals surface area contributed by atoms with E-state index in [2.05, 4.69) is 54.8 Å². The van der Waals surface area contributed by atoms with Crippen molar-refractivity contribution in [3.8, 4) is 0 Å². The Bertz CT molecular complexity index is 439. The first-order chi connectivity index (χ1) is 9.81. The van der Waals surface area contributed by atoms with Crippen LogP contribution < -0.4 is 10.2 Å². The molecule has 0 saturated carbocycles. The van der Waals surface area contributed by atoms with Gasteiger partial charge in [0.05, 0.1) is 18.1 Å². The van der Waals surface area contributed by atoms with E-state index in [1.165, 1.54) is 19.3 Å². The molecule has 0 aromatic carbocycles. The zero-order chi connectivity index (χ0) is 15.5. The maximum atomic E-state index is 4.60. The summed E-state index contributed by atoms with van der Waals surface area (Å²) in [6, 6.07) is 0. The standard InChI is InChI=1S/C17H30N4/c1-6-17(5)7-9-21(10-8-17)15-13-18-14(11-19-15)12-20-16(2,3)4/h11,13,20H,6-10,12H2,1-5H3. The lowest BCUT2D eigenvalue weighted by molar-refractivity contribution is 0.237. The molecule has 4 nitrogen and oxygen atoms in total. The number of hydrogen-bond acceptors (Lipinski definition) is 4. The van der Waals surface area contributed by atoms with E-state index in [0.717, 1.165) is 31.1 Å². The van der Waals surface area contributed by atoms with Gasteiger partial charge in [-0.25, -0.2) is 4.98 Å². The van der Waals surface area contributed by atoms with Gasteiger partial charge in [0, 0.05) is 25.2 Å². The predicted octanol–water partition coefficient (Wildman–Crippen LogP) is 3.38. The molecule has 0 atom stereocenters. The first-order valence-electron chi connectivity index (χ1n) is 8.12. The van der Waals surface area contributed by atoms with Crippen LogP contribution in [-0.2, 0) is 6.54 Å². The maximum absolute atomic E-state index is 4.60. The van der Waals surface area contributed by atoms with Crippen molar-refractivity contribution < 1.29 is 0 Å². The van der Waals surface area contributed by atoms with Crippen molar-refractivity contribution in [2.75, 3.05) is 18.0 Å². The number of rotatable bonds is 4.